The van der Waals surface area contributed by atoms with E-state index in [4.69, 9.17) is 0 Å². The zero-order valence-corrected chi connectivity index (χ0v) is 15.8. The number of aromatic nitrogens is 2. The lowest BCUT2D eigenvalue weighted by Crippen LogP contribution is -2.23. The Morgan fingerprint density at radius 2 is 1.90 bits per heavy atom. The molecule has 0 fully saturated rings. The van der Waals surface area contributed by atoms with Crippen LogP contribution < -0.4 is 10.6 Å². The van der Waals surface area contributed by atoms with Crippen LogP contribution in [0.3, 0.4) is 0 Å². The summed E-state index contributed by atoms with van der Waals surface area (Å²) in [4.78, 5) is 35.1. The molecule has 0 saturated carbocycles. The maximum absolute atomic E-state index is 13.2. The molecule has 1 aromatic heterocycles. The third-order valence-electron chi connectivity index (χ3n) is 4.80. The van der Waals surface area contributed by atoms with Crippen molar-refractivity contribution in [2.75, 3.05) is 10.6 Å². The third kappa shape index (κ3) is 3.50. The first-order valence-electron chi connectivity index (χ1n) is 9.03. The van der Waals surface area contributed by atoms with Gasteiger partial charge in [0.15, 0.2) is 0 Å². The number of nitrogens with one attached hydrogen (secondary N) is 2. The molecular formula is C20H16FN5O4. The van der Waals surface area contributed by atoms with Crippen LogP contribution in [0.1, 0.15) is 18.2 Å². The highest BCUT2D eigenvalue weighted by Gasteiger charge is 2.36. The summed E-state index contributed by atoms with van der Waals surface area (Å²) in [5.41, 5.74) is 2.30. The first kappa shape index (κ1) is 19.2. The molecule has 30 heavy (non-hydrogen) atoms. The molecule has 0 radical (unpaired) electrons. The van der Waals surface area contributed by atoms with Crippen molar-refractivity contribution in [2.45, 2.75) is 19.4 Å². The highest BCUT2D eigenvalue weighted by Crippen LogP contribution is 2.38. The van der Waals surface area contributed by atoms with Crippen LogP contribution in [0.4, 0.5) is 21.6 Å². The molecule has 1 unspecified atom stereocenters. The Hall–Kier alpha value is -4.08. The predicted molar refractivity (Wildman–Crippen MR) is 106 cm³/mol. The van der Waals surface area contributed by atoms with Gasteiger partial charge in [-0.25, -0.2) is 9.07 Å². The fourth-order valence-electron chi connectivity index (χ4n) is 3.40. The number of non-ortho nitro benzene ring substituents is 1. The van der Waals surface area contributed by atoms with E-state index in [1.54, 1.807) is 19.1 Å². The lowest BCUT2D eigenvalue weighted by atomic mass is 10.1. The van der Waals surface area contributed by atoms with Gasteiger partial charge in [-0.1, -0.05) is 12.1 Å². The van der Waals surface area contributed by atoms with Crippen LogP contribution in [0.2, 0.25) is 0 Å². The summed E-state index contributed by atoms with van der Waals surface area (Å²) in [6.07, 6.45) is -0.167. The maximum atomic E-state index is 13.2. The molecule has 4 rings (SSSR count). The molecule has 2 aromatic carbocycles. The Bertz CT molecular complexity index is 1160. The molecule has 2 N–H and O–H groups in total. The first-order valence-corrected chi connectivity index (χ1v) is 9.03. The van der Waals surface area contributed by atoms with Gasteiger partial charge < -0.3 is 10.6 Å². The van der Waals surface area contributed by atoms with Gasteiger partial charge in [-0.05, 0) is 36.8 Å². The number of carbonyl (C=O) groups is 2. The molecular weight excluding hydrogens is 393 g/mol. The number of hydrogen-bond acceptors (Lipinski definition) is 5. The number of halogens is 1. The number of nitrogens with zero attached hydrogens (tertiary/aromatic N) is 3. The molecule has 3 aromatic rings. The van der Waals surface area contributed by atoms with Crippen molar-refractivity contribution in [1.29, 1.82) is 0 Å². The number of carbonyl (C=O) groups excluding carboxylic acids is 2. The summed E-state index contributed by atoms with van der Waals surface area (Å²) < 4.78 is 14.7. The Labute approximate surface area is 169 Å². The van der Waals surface area contributed by atoms with Crippen LogP contribution in [0.15, 0.2) is 48.5 Å². The summed E-state index contributed by atoms with van der Waals surface area (Å²) in [6.45, 7) is 1.77. The fraction of sp³-hybridized carbons (Fsp3) is 0.150. The smallest absolute Gasteiger partial charge is 0.269 e. The highest BCUT2D eigenvalue weighted by molar-refractivity contribution is 6.04. The summed E-state index contributed by atoms with van der Waals surface area (Å²) in [5.74, 6) is -0.727. The van der Waals surface area contributed by atoms with Crippen molar-refractivity contribution < 1.29 is 18.9 Å². The van der Waals surface area contributed by atoms with E-state index in [-0.39, 0.29) is 23.8 Å². The number of amides is 2. The van der Waals surface area contributed by atoms with Gasteiger partial charge in [0, 0.05) is 23.4 Å². The Kier molecular flexibility index (Phi) is 4.74. The second kappa shape index (κ2) is 7.39. The number of nitro benzene ring substituents is 1. The largest absolute Gasteiger partial charge is 0.326 e. The lowest BCUT2D eigenvalue weighted by molar-refractivity contribution is -0.384. The third-order valence-corrected chi connectivity index (χ3v) is 4.80. The quantitative estimate of drug-likeness (QED) is 0.494. The van der Waals surface area contributed by atoms with E-state index in [0.717, 1.165) is 0 Å². The number of anilines is 2. The summed E-state index contributed by atoms with van der Waals surface area (Å²) in [6, 6.07) is 10.4. The van der Waals surface area contributed by atoms with Crippen LogP contribution in [0.5, 0.6) is 0 Å². The van der Waals surface area contributed by atoms with Crippen molar-refractivity contribution in [3.8, 4) is 11.1 Å². The summed E-state index contributed by atoms with van der Waals surface area (Å²) in [7, 11) is 0. The molecule has 1 atom stereocenters. The summed E-state index contributed by atoms with van der Waals surface area (Å²) >= 11 is 0. The van der Waals surface area contributed by atoms with E-state index in [0.29, 0.717) is 28.3 Å². The van der Waals surface area contributed by atoms with Crippen molar-refractivity contribution in [3.63, 3.8) is 0 Å². The average Bonchev–Trinajstić information content (AvgIpc) is 3.17. The normalized spacial score (nSPS) is 14.9. The van der Waals surface area contributed by atoms with E-state index in [2.05, 4.69) is 15.7 Å². The van der Waals surface area contributed by atoms with E-state index >= 15 is 0 Å². The predicted octanol–water partition coefficient (Wildman–Crippen LogP) is 3.43. The topological polar surface area (TPSA) is 119 Å². The molecule has 0 spiro atoms. The zero-order valence-electron chi connectivity index (χ0n) is 15.8. The SMILES string of the molecule is Cc1nn2c(c1-c1ccc(F)cc1)NC(=O)C2CC(=O)Nc1ccc([N+](=O)[O-])cc1. The molecule has 1 aliphatic rings. The minimum Gasteiger partial charge on any atom is -0.326 e. The Balaban J connectivity index is 1.53. The molecule has 0 saturated heterocycles. The molecule has 10 heteroatoms. The lowest BCUT2D eigenvalue weighted by Gasteiger charge is -2.10. The number of nitro groups is 1. The van der Waals surface area contributed by atoms with Crippen molar-refractivity contribution >= 4 is 29.0 Å². The monoisotopic (exact) mass is 409 g/mol. The van der Waals surface area contributed by atoms with Crippen LogP contribution in [0.25, 0.3) is 11.1 Å². The number of aryl methyl sites for hydroxylation is 1. The minimum atomic E-state index is -0.842. The van der Waals surface area contributed by atoms with E-state index in [9.17, 15) is 24.1 Å². The number of hydrogen-bond donors (Lipinski definition) is 2. The van der Waals surface area contributed by atoms with Gasteiger partial charge in [0.1, 0.15) is 17.7 Å². The zero-order chi connectivity index (χ0) is 21.4. The molecule has 2 heterocycles. The van der Waals surface area contributed by atoms with Crippen LogP contribution in [-0.4, -0.2) is 26.5 Å². The van der Waals surface area contributed by atoms with Crippen LogP contribution in [0, 0.1) is 22.9 Å². The summed E-state index contributed by atoms with van der Waals surface area (Å²) in [5, 5.41) is 20.5. The van der Waals surface area contributed by atoms with Crippen molar-refractivity contribution in [1.82, 2.24) is 9.78 Å². The van der Waals surface area contributed by atoms with Gasteiger partial charge in [-0.2, -0.15) is 5.10 Å². The molecule has 0 aliphatic carbocycles. The standard InChI is InChI=1S/C20H16FN5O4/c1-11-18(12-2-4-13(21)5-3-12)19-23-20(28)16(25(19)24-11)10-17(27)22-14-6-8-15(9-7-14)26(29)30/h2-9,16H,10H2,1H3,(H,22,27)(H,23,28). The van der Waals surface area contributed by atoms with Gasteiger partial charge in [0.25, 0.3) is 11.6 Å². The maximum Gasteiger partial charge on any atom is 0.269 e. The van der Waals surface area contributed by atoms with Gasteiger partial charge in [-0.3, -0.25) is 19.7 Å². The number of rotatable bonds is 5. The van der Waals surface area contributed by atoms with Crippen molar-refractivity contribution in [2.24, 2.45) is 0 Å². The average molecular weight is 409 g/mol. The molecule has 2 amide bonds. The second-order valence-electron chi connectivity index (χ2n) is 6.82. The van der Waals surface area contributed by atoms with Crippen LogP contribution >= 0.6 is 0 Å². The van der Waals surface area contributed by atoms with Crippen LogP contribution in [-0.2, 0) is 9.59 Å². The Morgan fingerprint density at radius 1 is 1.23 bits per heavy atom. The van der Waals surface area contributed by atoms with Gasteiger partial charge in [0.05, 0.1) is 17.0 Å². The molecule has 0 bridgehead atoms. The first-order chi connectivity index (χ1) is 14.3. The second-order valence-corrected chi connectivity index (χ2v) is 6.82. The van der Waals surface area contributed by atoms with Crippen molar-refractivity contribution in [3.05, 3.63) is 70.2 Å². The minimum absolute atomic E-state index is 0.0897. The number of benzene rings is 2. The van der Waals surface area contributed by atoms with E-state index < -0.39 is 16.9 Å². The van der Waals surface area contributed by atoms with E-state index in [1.165, 1.54) is 41.1 Å². The molecule has 1 aliphatic heterocycles. The Morgan fingerprint density at radius 3 is 2.53 bits per heavy atom. The fourth-order valence-corrected chi connectivity index (χ4v) is 3.40. The van der Waals surface area contributed by atoms with Gasteiger partial charge in [0.2, 0.25) is 5.91 Å². The molecule has 152 valence electrons. The van der Waals surface area contributed by atoms with E-state index in [1.807, 2.05) is 0 Å². The van der Waals surface area contributed by atoms with Gasteiger partial charge >= 0.3 is 0 Å². The molecule has 9 nitrogen and oxygen atoms in total. The number of fused-ring (bicyclic) bond motifs is 1. The highest BCUT2D eigenvalue weighted by atomic mass is 19.1. The van der Waals surface area contributed by atoms with Gasteiger partial charge in [-0.15, -0.1) is 0 Å².